The van der Waals surface area contributed by atoms with E-state index in [4.69, 9.17) is 4.74 Å². The molecule has 0 saturated heterocycles. The number of carbonyl (C=O) groups is 1. The molecule has 1 aromatic carbocycles. The molecule has 0 saturated carbocycles. The van der Waals surface area contributed by atoms with E-state index in [-0.39, 0.29) is 18.6 Å². The highest BCUT2D eigenvalue weighted by atomic mass is 16.5. The molecule has 1 amide bonds. The lowest BCUT2D eigenvalue weighted by Crippen LogP contribution is -2.30. The van der Waals surface area contributed by atoms with Gasteiger partial charge in [-0.2, -0.15) is 0 Å². The lowest BCUT2D eigenvalue weighted by atomic mass is 10.1. The number of amides is 1. The Labute approximate surface area is 120 Å². The second-order valence-electron chi connectivity index (χ2n) is 5.74. The first-order valence-corrected chi connectivity index (χ1v) is 7.26. The molecule has 2 rings (SSSR count). The summed E-state index contributed by atoms with van der Waals surface area (Å²) in [5.41, 5.74) is 2.11. The number of ether oxygens (including phenoxy) is 1. The molecule has 0 fully saturated rings. The van der Waals surface area contributed by atoms with Crippen LogP contribution in [0.2, 0.25) is 0 Å². The van der Waals surface area contributed by atoms with Crippen LogP contribution in [0, 0.1) is 5.92 Å². The number of rotatable bonds is 6. The molecule has 110 valence electrons. The predicted molar refractivity (Wildman–Crippen MR) is 77.7 cm³/mol. The molecule has 0 radical (unpaired) electrons. The Bertz CT molecular complexity index is 471. The Hall–Kier alpha value is -1.55. The maximum Gasteiger partial charge on any atom is 0.257 e. The summed E-state index contributed by atoms with van der Waals surface area (Å²) in [5, 5.41) is 12.6. The second-order valence-corrected chi connectivity index (χ2v) is 5.74. The quantitative estimate of drug-likeness (QED) is 0.838. The Balaban J connectivity index is 1.78. The number of nitrogens with one attached hydrogen (secondary N) is 1. The molecule has 20 heavy (non-hydrogen) atoms. The van der Waals surface area contributed by atoms with E-state index in [0.717, 1.165) is 30.4 Å². The molecule has 1 aliphatic rings. The molecule has 1 atom stereocenters. The van der Waals surface area contributed by atoms with Crippen molar-refractivity contribution in [2.45, 2.75) is 39.2 Å². The second kappa shape index (κ2) is 6.75. The zero-order valence-corrected chi connectivity index (χ0v) is 12.2. The van der Waals surface area contributed by atoms with Gasteiger partial charge < -0.3 is 15.2 Å². The molecule has 0 unspecified atom stereocenters. The summed E-state index contributed by atoms with van der Waals surface area (Å²) >= 11 is 0. The maximum absolute atomic E-state index is 11.6. The predicted octanol–water partition coefficient (Wildman–Crippen LogP) is 2.21. The molecule has 0 aliphatic heterocycles. The van der Waals surface area contributed by atoms with E-state index in [9.17, 15) is 9.90 Å². The van der Waals surface area contributed by atoms with Crippen LogP contribution in [0.1, 0.15) is 43.9 Å². The van der Waals surface area contributed by atoms with Gasteiger partial charge in [-0.25, -0.2) is 0 Å². The molecule has 0 spiro atoms. The van der Waals surface area contributed by atoms with Gasteiger partial charge in [0.2, 0.25) is 0 Å². The van der Waals surface area contributed by atoms with Crippen LogP contribution in [-0.4, -0.2) is 24.2 Å². The number of hydrogen-bond acceptors (Lipinski definition) is 3. The number of hydrogen-bond donors (Lipinski definition) is 2. The summed E-state index contributed by atoms with van der Waals surface area (Å²) in [6.07, 6.45) is 2.27. The van der Waals surface area contributed by atoms with E-state index in [1.54, 1.807) is 0 Å². The summed E-state index contributed by atoms with van der Waals surface area (Å²) in [4.78, 5) is 11.6. The van der Waals surface area contributed by atoms with Crippen molar-refractivity contribution in [3.05, 3.63) is 29.3 Å². The van der Waals surface area contributed by atoms with Crippen LogP contribution in [0.3, 0.4) is 0 Å². The first-order valence-electron chi connectivity index (χ1n) is 7.26. The number of aliphatic hydroxyl groups excluding tert-OH is 1. The van der Waals surface area contributed by atoms with Crippen LogP contribution < -0.4 is 10.1 Å². The Morgan fingerprint density at radius 1 is 1.50 bits per heavy atom. The zero-order chi connectivity index (χ0) is 14.5. The Kier molecular flexibility index (Phi) is 5.01. The molecule has 0 heterocycles. The van der Waals surface area contributed by atoms with Crippen LogP contribution in [0.4, 0.5) is 0 Å². The van der Waals surface area contributed by atoms with Gasteiger partial charge in [0.25, 0.3) is 5.91 Å². The van der Waals surface area contributed by atoms with Gasteiger partial charge in [0.15, 0.2) is 6.61 Å². The van der Waals surface area contributed by atoms with Crippen molar-refractivity contribution < 1.29 is 14.6 Å². The summed E-state index contributed by atoms with van der Waals surface area (Å²) in [7, 11) is 0. The van der Waals surface area contributed by atoms with Crippen molar-refractivity contribution in [2.24, 2.45) is 5.92 Å². The first kappa shape index (κ1) is 14.9. The summed E-state index contributed by atoms with van der Waals surface area (Å²) in [6, 6.07) is 5.63. The van der Waals surface area contributed by atoms with Crippen LogP contribution in [-0.2, 0) is 11.2 Å². The van der Waals surface area contributed by atoms with Gasteiger partial charge >= 0.3 is 0 Å². The molecular formula is C16H23NO3. The van der Waals surface area contributed by atoms with Crippen molar-refractivity contribution in [2.75, 3.05) is 13.2 Å². The number of aryl methyl sites for hydroxylation is 1. The number of carbonyl (C=O) groups excluding carboxylic acids is 1. The minimum atomic E-state index is -0.349. The third kappa shape index (κ3) is 3.97. The van der Waals surface area contributed by atoms with Crippen LogP contribution in [0.25, 0.3) is 0 Å². The maximum atomic E-state index is 11.6. The number of fused-ring (bicyclic) bond motifs is 1. The van der Waals surface area contributed by atoms with Gasteiger partial charge in [-0.1, -0.05) is 19.9 Å². The zero-order valence-electron chi connectivity index (χ0n) is 12.2. The lowest BCUT2D eigenvalue weighted by Gasteiger charge is -2.10. The molecular weight excluding hydrogens is 254 g/mol. The van der Waals surface area contributed by atoms with Gasteiger partial charge in [-0.05, 0) is 48.4 Å². The van der Waals surface area contributed by atoms with E-state index < -0.39 is 0 Å². The molecule has 2 N–H and O–H groups in total. The van der Waals surface area contributed by atoms with E-state index in [1.165, 1.54) is 0 Å². The fourth-order valence-electron chi connectivity index (χ4n) is 2.36. The third-order valence-electron chi connectivity index (χ3n) is 3.57. The molecule has 0 bridgehead atoms. The van der Waals surface area contributed by atoms with Gasteiger partial charge in [0, 0.05) is 6.54 Å². The van der Waals surface area contributed by atoms with E-state index in [0.29, 0.717) is 18.2 Å². The van der Waals surface area contributed by atoms with Gasteiger partial charge in [-0.15, -0.1) is 0 Å². The van der Waals surface area contributed by atoms with Gasteiger partial charge in [-0.3, -0.25) is 4.79 Å². The molecule has 4 nitrogen and oxygen atoms in total. The van der Waals surface area contributed by atoms with Crippen LogP contribution >= 0.6 is 0 Å². The standard InChI is InChI=1S/C16H23NO3/c1-11(2)7-8-17-16(19)10-20-13-4-5-14-12(9-13)3-6-15(14)18/h4-5,9,11,15,18H,3,6-8,10H2,1-2H3,(H,17,19)/t15-/m1/s1. The molecule has 1 aromatic rings. The molecule has 0 aromatic heterocycles. The largest absolute Gasteiger partial charge is 0.484 e. The van der Waals surface area contributed by atoms with E-state index >= 15 is 0 Å². The molecule has 1 aliphatic carbocycles. The summed E-state index contributed by atoms with van der Waals surface area (Å²) in [5.74, 6) is 1.18. The topological polar surface area (TPSA) is 58.6 Å². The average Bonchev–Trinajstić information content (AvgIpc) is 2.77. The molecule has 4 heteroatoms. The summed E-state index contributed by atoms with van der Waals surface area (Å²) < 4.78 is 5.49. The highest BCUT2D eigenvalue weighted by Gasteiger charge is 2.20. The summed E-state index contributed by atoms with van der Waals surface area (Å²) in [6.45, 7) is 4.99. The van der Waals surface area contributed by atoms with Crippen LogP contribution in [0.15, 0.2) is 18.2 Å². The van der Waals surface area contributed by atoms with Crippen molar-refractivity contribution in [1.29, 1.82) is 0 Å². The minimum absolute atomic E-state index is 0.0411. The van der Waals surface area contributed by atoms with Crippen LogP contribution in [0.5, 0.6) is 5.75 Å². The number of aliphatic hydroxyl groups is 1. The SMILES string of the molecule is CC(C)CCNC(=O)COc1ccc2c(c1)CC[C@H]2O. The van der Waals surface area contributed by atoms with Crippen molar-refractivity contribution in [1.82, 2.24) is 5.32 Å². The smallest absolute Gasteiger partial charge is 0.257 e. The van der Waals surface area contributed by atoms with Crippen molar-refractivity contribution in [3.63, 3.8) is 0 Å². The highest BCUT2D eigenvalue weighted by Crippen LogP contribution is 2.33. The minimum Gasteiger partial charge on any atom is -0.484 e. The Morgan fingerprint density at radius 2 is 2.30 bits per heavy atom. The fourth-order valence-corrected chi connectivity index (χ4v) is 2.36. The normalized spacial score (nSPS) is 17.1. The van der Waals surface area contributed by atoms with Gasteiger partial charge in [0.1, 0.15) is 5.75 Å². The van der Waals surface area contributed by atoms with E-state index in [2.05, 4.69) is 19.2 Å². The van der Waals surface area contributed by atoms with Crippen molar-refractivity contribution in [3.8, 4) is 5.75 Å². The van der Waals surface area contributed by atoms with Crippen molar-refractivity contribution >= 4 is 5.91 Å². The highest BCUT2D eigenvalue weighted by molar-refractivity contribution is 5.77. The van der Waals surface area contributed by atoms with E-state index in [1.807, 2.05) is 18.2 Å². The first-order chi connectivity index (χ1) is 9.56. The number of benzene rings is 1. The monoisotopic (exact) mass is 277 g/mol. The average molecular weight is 277 g/mol. The fraction of sp³-hybridized carbons (Fsp3) is 0.562. The third-order valence-corrected chi connectivity index (χ3v) is 3.57. The van der Waals surface area contributed by atoms with Gasteiger partial charge in [0.05, 0.1) is 6.10 Å². The Morgan fingerprint density at radius 3 is 3.05 bits per heavy atom. The lowest BCUT2D eigenvalue weighted by molar-refractivity contribution is -0.123.